The molecule has 0 bridgehead atoms. The van der Waals surface area contributed by atoms with E-state index in [1.807, 2.05) is 0 Å². The van der Waals surface area contributed by atoms with Crippen molar-refractivity contribution < 1.29 is 18.4 Å². The van der Waals surface area contributed by atoms with E-state index in [-0.39, 0.29) is 23.9 Å². The maximum Gasteiger partial charge on any atom is 0.251 e. The summed E-state index contributed by atoms with van der Waals surface area (Å²) in [5.74, 6) is -1.92. The standard InChI is InChI=1S/C18H19F2N3O2/c1-11(15-7-6-13(19)9-16(15)20)22-10-17(24)23-14-5-3-4-12(8-14)18(25)21-2/h3-9,11,22H,10H2,1-2H3,(H,21,25)(H,23,24)/t11-/m1/s1. The lowest BCUT2D eigenvalue weighted by molar-refractivity contribution is -0.115. The number of hydrogen-bond donors (Lipinski definition) is 3. The fourth-order valence-corrected chi connectivity index (χ4v) is 2.30. The average molecular weight is 347 g/mol. The number of anilines is 1. The van der Waals surface area contributed by atoms with Crippen LogP contribution in [0, 0.1) is 11.6 Å². The summed E-state index contributed by atoms with van der Waals surface area (Å²) >= 11 is 0. The summed E-state index contributed by atoms with van der Waals surface area (Å²) in [5.41, 5.74) is 1.18. The Bertz CT molecular complexity index is 781. The van der Waals surface area contributed by atoms with Gasteiger partial charge in [-0.2, -0.15) is 0 Å². The Balaban J connectivity index is 1.93. The van der Waals surface area contributed by atoms with Crippen LogP contribution in [0.4, 0.5) is 14.5 Å². The first-order valence-corrected chi connectivity index (χ1v) is 7.71. The van der Waals surface area contributed by atoms with E-state index in [1.165, 1.54) is 19.2 Å². The van der Waals surface area contributed by atoms with Gasteiger partial charge in [-0.25, -0.2) is 8.78 Å². The van der Waals surface area contributed by atoms with Gasteiger partial charge in [-0.15, -0.1) is 0 Å². The third-order valence-corrected chi connectivity index (χ3v) is 3.63. The Hall–Kier alpha value is -2.80. The predicted molar refractivity (Wildman–Crippen MR) is 91.2 cm³/mol. The maximum absolute atomic E-state index is 13.7. The molecule has 132 valence electrons. The van der Waals surface area contributed by atoms with Crippen molar-refractivity contribution in [2.24, 2.45) is 0 Å². The highest BCUT2D eigenvalue weighted by atomic mass is 19.1. The number of amides is 2. The van der Waals surface area contributed by atoms with Gasteiger partial charge in [0.05, 0.1) is 6.54 Å². The molecule has 0 aliphatic carbocycles. The van der Waals surface area contributed by atoms with Crippen molar-refractivity contribution in [3.63, 3.8) is 0 Å². The molecule has 1 atom stereocenters. The monoisotopic (exact) mass is 347 g/mol. The van der Waals surface area contributed by atoms with E-state index >= 15 is 0 Å². The summed E-state index contributed by atoms with van der Waals surface area (Å²) in [7, 11) is 1.52. The molecule has 0 heterocycles. The molecule has 7 heteroatoms. The third-order valence-electron chi connectivity index (χ3n) is 3.63. The van der Waals surface area contributed by atoms with Crippen LogP contribution in [-0.4, -0.2) is 25.4 Å². The molecule has 0 aliphatic heterocycles. The highest BCUT2D eigenvalue weighted by Gasteiger charge is 2.13. The molecule has 0 saturated heterocycles. The van der Waals surface area contributed by atoms with Gasteiger partial charge in [0.25, 0.3) is 5.91 Å². The van der Waals surface area contributed by atoms with Gasteiger partial charge >= 0.3 is 0 Å². The average Bonchev–Trinajstić information content (AvgIpc) is 2.59. The van der Waals surface area contributed by atoms with Crippen LogP contribution in [0.15, 0.2) is 42.5 Å². The first-order chi connectivity index (χ1) is 11.9. The summed E-state index contributed by atoms with van der Waals surface area (Å²) in [6, 6.07) is 9.35. The van der Waals surface area contributed by atoms with Crippen LogP contribution in [0.25, 0.3) is 0 Å². The minimum absolute atomic E-state index is 0.0673. The first-order valence-electron chi connectivity index (χ1n) is 7.71. The second-order valence-electron chi connectivity index (χ2n) is 5.48. The molecule has 2 rings (SSSR count). The molecule has 0 unspecified atom stereocenters. The van der Waals surface area contributed by atoms with Gasteiger partial charge in [0.2, 0.25) is 5.91 Å². The summed E-state index contributed by atoms with van der Waals surface area (Å²) in [6.07, 6.45) is 0. The zero-order chi connectivity index (χ0) is 18.4. The fourth-order valence-electron chi connectivity index (χ4n) is 2.30. The van der Waals surface area contributed by atoms with Crippen LogP contribution >= 0.6 is 0 Å². The third kappa shape index (κ3) is 5.09. The number of carbonyl (C=O) groups is 2. The molecule has 3 N–H and O–H groups in total. The fraction of sp³-hybridized carbons (Fsp3) is 0.222. The maximum atomic E-state index is 13.7. The summed E-state index contributed by atoms with van der Waals surface area (Å²) < 4.78 is 26.6. The van der Waals surface area contributed by atoms with E-state index in [4.69, 9.17) is 0 Å². The summed E-state index contributed by atoms with van der Waals surface area (Å²) in [6.45, 7) is 1.61. The summed E-state index contributed by atoms with van der Waals surface area (Å²) in [4.78, 5) is 23.6. The van der Waals surface area contributed by atoms with E-state index in [0.29, 0.717) is 11.3 Å². The molecule has 0 radical (unpaired) electrons. The Morgan fingerprint density at radius 3 is 2.56 bits per heavy atom. The van der Waals surface area contributed by atoms with Gasteiger partial charge in [-0.1, -0.05) is 12.1 Å². The Morgan fingerprint density at radius 1 is 1.12 bits per heavy atom. The molecular formula is C18H19F2N3O2. The number of halogens is 2. The van der Waals surface area contributed by atoms with E-state index in [2.05, 4.69) is 16.0 Å². The Morgan fingerprint density at radius 2 is 1.88 bits per heavy atom. The lowest BCUT2D eigenvalue weighted by Crippen LogP contribution is -2.30. The molecule has 0 aromatic heterocycles. The highest BCUT2D eigenvalue weighted by Crippen LogP contribution is 2.17. The van der Waals surface area contributed by atoms with Crippen LogP contribution in [-0.2, 0) is 4.79 Å². The van der Waals surface area contributed by atoms with Crippen LogP contribution < -0.4 is 16.0 Å². The highest BCUT2D eigenvalue weighted by molar-refractivity contribution is 5.97. The molecule has 25 heavy (non-hydrogen) atoms. The SMILES string of the molecule is CNC(=O)c1cccc(NC(=O)CN[C@H](C)c2ccc(F)cc2F)c1. The topological polar surface area (TPSA) is 70.2 Å². The smallest absolute Gasteiger partial charge is 0.251 e. The molecule has 5 nitrogen and oxygen atoms in total. The van der Waals surface area contributed by atoms with Gasteiger partial charge in [0.15, 0.2) is 0 Å². The molecule has 0 aliphatic rings. The molecular weight excluding hydrogens is 328 g/mol. The van der Waals surface area contributed by atoms with E-state index in [0.717, 1.165) is 6.07 Å². The molecule has 0 fully saturated rings. The molecule has 2 aromatic rings. The van der Waals surface area contributed by atoms with Crippen molar-refractivity contribution in [2.75, 3.05) is 18.9 Å². The minimum atomic E-state index is -0.668. The van der Waals surface area contributed by atoms with E-state index in [9.17, 15) is 18.4 Å². The number of nitrogens with one attached hydrogen (secondary N) is 3. The van der Waals surface area contributed by atoms with E-state index in [1.54, 1.807) is 31.2 Å². The number of carbonyl (C=O) groups excluding carboxylic acids is 2. The van der Waals surface area contributed by atoms with Gasteiger partial charge in [-0.05, 0) is 31.2 Å². The zero-order valence-electron chi connectivity index (χ0n) is 13.9. The minimum Gasteiger partial charge on any atom is -0.355 e. The van der Waals surface area contributed by atoms with Gasteiger partial charge in [-0.3, -0.25) is 9.59 Å². The number of hydrogen-bond acceptors (Lipinski definition) is 3. The van der Waals surface area contributed by atoms with Gasteiger partial charge in [0.1, 0.15) is 11.6 Å². The molecule has 2 amide bonds. The number of benzene rings is 2. The molecule has 0 saturated carbocycles. The van der Waals surface area contributed by atoms with Crippen molar-refractivity contribution in [3.05, 3.63) is 65.2 Å². The zero-order valence-corrected chi connectivity index (χ0v) is 13.9. The van der Waals surface area contributed by atoms with Crippen LogP contribution in [0.3, 0.4) is 0 Å². The normalized spacial score (nSPS) is 11.7. The Kier molecular flexibility index (Phi) is 6.19. The van der Waals surface area contributed by atoms with E-state index < -0.39 is 17.7 Å². The predicted octanol–water partition coefficient (Wildman–Crippen LogP) is 2.61. The van der Waals surface area contributed by atoms with Crippen molar-refractivity contribution in [1.82, 2.24) is 10.6 Å². The second kappa shape index (κ2) is 8.34. The molecule has 0 spiro atoms. The van der Waals surface area contributed by atoms with Gasteiger partial charge < -0.3 is 16.0 Å². The Labute approximate surface area is 144 Å². The lowest BCUT2D eigenvalue weighted by Gasteiger charge is -2.15. The van der Waals surface area contributed by atoms with Crippen molar-refractivity contribution in [1.29, 1.82) is 0 Å². The lowest BCUT2D eigenvalue weighted by atomic mass is 10.1. The van der Waals surface area contributed by atoms with Crippen molar-refractivity contribution in [3.8, 4) is 0 Å². The van der Waals surface area contributed by atoms with Crippen LogP contribution in [0.5, 0.6) is 0 Å². The second-order valence-corrected chi connectivity index (χ2v) is 5.48. The van der Waals surface area contributed by atoms with Gasteiger partial charge in [0, 0.05) is 36.0 Å². The first kappa shape index (κ1) is 18.5. The quantitative estimate of drug-likeness (QED) is 0.752. The number of rotatable bonds is 6. The largest absolute Gasteiger partial charge is 0.355 e. The van der Waals surface area contributed by atoms with Crippen molar-refractivity contribution >= 4 is 17.5 Å². The van der Waals surface area contributed by atoms with Crippen LogP contribution in [0.1, 0.15) is 28.9 Å². The van der Waals surface area contributed by atoms with Crippen molar-refractivity contribution in [2.45, 2.75) is 13.0 Å². The molecule has 2 aromatic carbocycles. The van der Waals surface area contributed by atoms with Crippen LogP contribution in [0.2, 0.25) is 0 Å². The summed E-state index contributed by atoms with van der Waals surface area (Å²) in [5, 5.41) is 8.03.